The van der Waals surface area contributed by atoms with Crippen LogP contribution in [0, 0.1) is 5.92 Å². The number of halogens is 2. The molecule has 1 heterocycles. The van der Waals surface area contributed by atoms with Crippen molar-refractivity contribution in [3.63, 3.8) is 0 Å². The molecule has 188 valence electrons. The van der Waals surface area contributed by atoms with Crippen molar-refractivity contribution in [2.45, 2.75) is 48.2 Å². The summed E-state index contributed by atoms with van der Waals surface area (Å²) in [5, 5.41) is 2.28. The third-order valence-corrected chi connectivity index (χ3v) is 8.24. The average Bonchev–Trinajstić information content (AvgIpc) is 3.65. The van der Waals surface area contributed by atoms with Crippen LogP contribution in [0.1, 0.15) is 31.2 Å². The first-order valence-corrected chi connectivity index (χ1v) is 12.9. The molecule has 2 aliphatic carbocycles. The number of rotatable bonds is 10. The lowest BCUT2D eigenvalue weighted by Crippen LogP contribution is -2.16. The minimum absolute atomic E-state index is 0.0284. The van der Waals surface area contributed by atoms with Crippen molar-refractivity contribution >= 4 is 27.1 Å². The van der Waals surface area contributed by atoms with Gasteiger partial charge >= 0.3 is 0 Å². The maximum atomic E-state index is 13.8. The summed E-state index contributed by atoms with van der Waals surface area (Å²) in [6.07, 6.45) is 2.29. The van der Waals surface area contributed by atoms with Crippen LogP contribution in [-0.4, -0.2) is 62.2 Å². The van der Waals surface area contributed by atoms with E-state index in [9.17, 15) is 22.0 Å². The number of aromatic nitrogens is 2. The number of hydrogen-bond donors (Lipinski definition) is 1. The van der Waals surface area contributed by atoms with Gasteiger partial charge in [-0.15, -0.1) is 0 Å². The number of anilines is 1. The van der Waals surface area contributed by atoms with E-state index in [4.69, 9.17) is 9.47 Å². The predicted octanol–water partition coefficient (Wildman–Crippen LogP) is 3.55. The number of carbonyl (C=O) groups excluding carboxylic acids is 1. The zero-order valence-electron chi connectivity index (χ0n) is 19.2. The second-order valence-corrected chi connectivity index (χ2v) is 10.9. The van der Waals surface area contributed by atoms with Crippen molar-refractivity contribution in [2.75, 3.05) is 25.6 Å². The number of nitrogens with zero attached hydrogens (tertiary/aromatic N) is 2. The maximum absolute atomic E-state index is 13.8. The zero-order valence-corrected chi connectivity index (χ0v) is 20.0. The van der Waals surface area contributed by atoms with Crippen LogP contribution in [-0.2, 0) is 19.4 Å². The Hall–Kier alpha value is -2.92. The predicted molar refractivity (Wildman–Crippen MR) is 125 cm³/mol. The van der Waals surface area contributed by atoms with Crippen molar-refractivity contribution in [1.29, 1.82) is 0 Å². The largest absolute Gasteiger partial charge is 0.474 e. The van der Waals surface area contributed by atoms with Gasteiger partial charge in [-0.05, 0) is 49.3 Å². The molecule has 0 aliphatic heterocycles. The lowest BCUT2D eigenvalue weighted by Gasteiger charge is -2.13. The van der Waals surface area contributed by atoms with Crippen LogP contribution in [0.5, 0.6) is 5.88 Å². The fraction of sp³-hybridized carbons (Fsp3) is 0.458. The molecule has 0 bridgehead atoms. The molecule has 2 aromatic rings. The van der Waals surface area contributed by atoms with Gasteiger partial charge in [-0.2, -0.15) is 0 Å². The number of amides is 1. The molecule has 0 spiro atoms. The number of ether oxygens (including phenoxy) is 2. The monoisotopic (exact) mass is 507 g/mol. The highest BCUT2D eigenvalue weighted by atomic mass is 32.2. The molecule has 11 heteroatoms. The van der Waals surface area contributed by atoms with Gasteiger partial charge in [0.1, 0.15) is 19.0 Å². The molecule has 2 fully saturated rings. The lowest BCUT2D eigenvalue weighted by molar-refractivity contribution is -0.111. The topological polar surface area (TPSA) is 107 Å². The van der Waals surface area contributed by atoms with Crippen LogP contribution in [0.4, 0.5) is 14.6 Å². The standard InChI is InChI=1S/C24H27F2N3O5S/c1-33-8-9-34-23-14-27-22(13-28-23)29-24(30)19(10-15-11-20(25)21(26)12-15)16-2-4-17(5-3-16)35(31,32)18-6-7-18/h2-5,10,13-15,18,20-21H,6-9,11-12H2,1H3,(H,27,29,30)/b19-10+. The Bertz CT molecular complexity index is 1160. The molecule has 0 radical (unpaired) electrons. The van der Waals surface area contributed by atoms with Gasteiger partial charge in [-0.25, -0.2) is 27.2 Å². The number of nitrogens with one attached hydrogen (secondary N) is 1. The number of hydrogen-bond acceptors (Lipinski definition) is 7. The van der Waals surface area contributed by atoms with E-state index in [2.05, 4.69) is 15.3 Å². The minimum atomic E-state index is -3.38. The summed E-state index contributed by atoms with van der Waals surface area (Å²) in [6, 6.07) is 5.99. The zero-order chi connectivity index (χ0) is 25.0. The summed E-state index contributed by atoms with van der Waals surface area (Å²) >= 11 is 0. The normalized spacial score (nSPS) is 22.7. The van der Waals surface area contributed by atoms with E-state index in [0.717, 1.165) is 0 Å². The van der Waals surface area contributed by atoms with Crippen molar-refractivity contribution in [3.8, 4) is 5.88 Å². The van der Waals surface area contributed by atoms with E-state index in [1.165, 1.54) is 36.7 Å². The number of sulfone groups is 1. The van der Waals surface area contributed by atoms with Gasteiger partial charge in [-0.1, -0.05) is 18.2 Å². The average molecular weight is 508 g/mol. The molecule has 1 amide bonds. The quantitative estimate of drug-likeness (QED) is 0.387. The van der Waals surface area contributed by atoms with Gasteiger partial charge in [0.15, 0.2) is 15.7 Å². The van der Waals surface area contributed by atoms with Gasteiger partial charge in [0.2, 0.25) is 5.88 Å². The van der Waals surface area contributed by atoms with Gasteiger partial charge in [0, 0.05) is 12.7 Å². The Balaban J connectivity index is 1.54. The van der Waals surface area contributed by atoms with E-state index in [1.54, 1.807) is 13.2 Å². The highest BCUT2D eigenvalue weighted by molar-refractivity contribution is 7.92. The fourth-order valence-corrected chi connectivity index (χ4v) is 5.57. The molecule has 1 aromatic carbocycles. The molecule has 0 saturated heterocycles. The molecule has 1 aromatic heterocycles. The van der Waals surface area contributed by atoms with Crippen molar-refractivity contribution < 1.29 is 31.5 Å². The van der Waals surface area contributed by atoms with Crippen molar-refractivity contribution in [1.82, 2.24) is 9.97 Å². The first-order chi connectivity index (χ1) is 16.8. The number of methoxy groups -OCH3 is 1. The van der Waals surface area contributed by atoms with Gasteiger partial charge < -0.3 is 14.8 Å². The Morgan fingerprint density at radius 2 is 1.77 bits per heavy atom. The van der Waals surface area contributed by atoms with E-state index in [0.29, 0.717) is 31.6 Å². The molecular weight excluding hydrogens is 480 g/mol. The molecule has 2 atom stereocenters. The first kappa shape index (κ1) is 25.2. The molecule has 2 saturated carbocycles. The van der Waals surface area contributed by atoms with Crippen LogP contribution in [0.15, 0.2) is 47.6 Å². The van der Waals surface area contributed by atoms with E-state index in [-0.39, 0.29) is 40.3 Å². The third kappa shape index (κ3) is 6.21. The molecule has 35 heavy (non-hydrogen) atoms. The molecule has 2 aliphatic rings. The summed E-state index contributed by atoms with van der Waals surface area (Å²) in [4.78, 5) is 21.5. The number of carbonyl (C=O) groups is 1. The van der Waals surface area contributed by atoms with Crippen LogP contribution >= 0.6 is 0 Å². The van der Waals surface area contributed by atoms with Gasteiger partial charge in [0.25, 0.3) is 5.91 Å². The molecule has 2 unspecified atom stereocenters. The molecule has 1 N–H and O–H groups in total. The van der Waals surface area contributed by atoms with Crippen LogP contribution in [0.3, 0.4) is 0 Å². The lowest BCUT2D eigenvalue weighted by atomic mass is 9.98. The highest BCUT2D eigenvalue weighted by Gasteiger charge is 2.37. The number of allylic oxidation sites excluding steroid dienone is 1. The Morgan fingerprint density at radius 3 is 2.34 bits per heavy atom. The van der Waals surface area contributed by atoms with Crippen molar-refractivity contribution in [2.24, 2.45) is 5.92 Å². The summed E-state index contributed by atoms with van der Waals surface area (Å²) in [7, 11) is -1.84. The summed E-state index contributed by atoms with van der Waals surface area (Å²) in [5.41, 5.74) is 0.608. The van der Waals surface area contributed by atoms with Crippen LogP contribution < -0.4 is 10.1 Å². The fourth-order valence-electron chi connectivity index (χ4n) is 3.91. The van der Waals surface area contributed by atoms with E-state index < -0.39 is 34.0 Å². The minimum Gasteiger partial charge on any atom is -0.474 e. The van der Waals surface area contributed by atoms with Crippen LogP contribution in [0.25, 0.3) is 5.57 Å². The molecule has 8 nitrogen and oxygen atoms in total. The number of alkyl halides is 2. The third-order valence-electron chi connectivity index (χ3n) is 5.96. The second-order valence-electron chi connectivity index (χ2n) is 8.65. The Labute approximate surface area is 202 Å². The Morgan fingerprint density at radius 1 is 1.09 bits per heavy atom. The summed E-state index contributed by atoms with van der Waals surface area (Å²) in [5.74, 6) is -0.607. The molecule has 4 rings (SSSR count). The second kappa shape index (κ2) is 10.8. The Kier molecular flexibility index (Phi) is 7.75. The number of benzene rings is 1. The van der Waals surface area contributed by atoms with Gasteiger partial charge in [0.05, 0.1) is 29.1 Å². The summed E-state index contributed by atoms with van der Waals surface area (Å²) < 4.78 is 62.8. The SMILES string of the molecule is COCCOc1cnc(NC(=O)/C(=C/C2CC(F)C(F)C2)c2ccc(S(=O)(=O)C3CC3)cc2)cn1. The smallest absolute Gasteiger partial charge is 0.257 e. The molecular formula is C24H27F2N3O5S. The highest BCUT2D eigenvalue weighted by Crippen LogP contribution is 2.36. The van der Waals surface area contributed by atoms with Crippen LogP contribution in [0.2, 0.25) is 0 Å². The van der Waals surface area contributed by atoms with E-state index >= 15 is 0 Å². The first-order valence-electron chi connectivity index (χ1n) is 11.4. The van der Waals surface area contributed by atoms with Gasteiger partial charge in [-0.3, -0.25) is 4.79 Å². The maximum Gasteiger partial charge on any atom is 0.257 e. The summed E-state index contributed by atoms with van der Waals surface area (Å²) in [6.45, 7) is 0.679. The van der Waals surface area contributed by atoms with E-state index in [1.807, 2.05) is 0 Å². The van der Waals surface area contributed by atoms with Crippen molar-refractivity contribution in [3.05, 3.63) is 48.3 Å².